The number of ether oxygens (including phenoxy) is 2. The van der Waals surface area contributed by atoms with Gasteiger partial charge in [-0.25, -0.2) is 4.99 Å². The van der Waals surface area contributed by atoms with Crippen molar-refractivity contribution in [2.45, 2.75) is 12.3 Å². The van der Waals surface area contributed by atoms with Gasteiger partial charge in [0.25, 0.3) is 5.91 Å². The Labute approximate surface area is 85.9 Å². The fourth-order valence-electron chi connectivity index (χ4n) is 2.50. The molecule has 2 atom stereocenters. The molecule has 3 rings (SSSR count). The van der Waals surface area contributed by atoms with E-state index in [0.29, 0.717) is 19.6 Å². The number of rotatable bonds is 0. The molecule has 2 aliphatic heterocycles. The lowest BCUT2D eigenvalue weighted by Crippen LogP contribution is -2.37. The second-order valence-electron chi connectivity index (χ2n) is 3.99. The average Bonchev–Trinajstić information content (AvgIpc) is 2.67. The highest BCUT2D eigenvalue weighted by molar-refractivity contribution is 5.97. The zero-order valence-corrected chi connectivity index (χ0v) is 7.86. The number of nitriles is 2. The molecule has 0 bridgehead atoms. The number of nitrogens with zero attached hydrogens (tertiary/aromatic N) is 3. The highest BCUT2D eigenvalue weighted by atomic mass is 16.8. The van der Waals surface area contributed by atoms with Crippen LogP contribution in [0.15, 0.2) is 4.99 Å². The van der Waals surface area contributed by atoms with Crippen molar-refractivity contribution in [3.63, 3.8) is 0 Å². The number of aliphatic imine (C=N–C) groups is 1. The van der Waals surface area contributed by atoms with E-state index in [1.807, 2.05) is 0 Å². The quantitative estimate of drug-likeness (QED) is 0.571. The fourth-order valence-corrected chi connectivity index (χ4v) is 2.50. The smallest absolute Gasteiger partial charge is 0.292 e. The highest BCUT2D eigenvalue weighted by Crippen LogP contribution is 2.74. The second kappa shape index (κ2) is 2.13. The molecule has 1 spiro atoms. The SMILES string of the molecule is N#C[C@@]12C[C@@]1(C#N)C1(N=C2N)OCCO1. The topological polar surface area (TPSA) is 104 Å². The molecule has 3 aliphatic rings. The first kappa shape index (κ1) is 8.66. The number of amidine groups is 1. The van der Waals surface area contributed by atoms with Crippen molar-refractivity contribution in [3.8, 4) is 12.1 Å². The Bertz CT molecular complexity index is 454. The van der Waals surface area contributed by atoms with E-state index in [2.05, 4.69) is 17.1 Å². The summed E-state index contributed by atoms with van der Waals surface area (Å²) in [6, 6.07) is 4.17. The molecule has 1 saturated heterocycles. The number of hydrogen-bond acceptors (Lipinski definition) is 6. The van der Waals surface area contributed by atoms with Crippen molar-refractivity contribution in [1.29, 1.82) is 10.5 Å². The van der Waals surface area contributed by atoms with Gasteiger partial charge >= 0.3 is 0 Å². The lowest BCUT2D eigenvalue weighted by molar-refractivity contribution is -0.182. The van der Waals surface area contributed by atoms with Crippen molar-refractivity contribution >= 4 is 5.84 Å². The van der Waals surface area contributed by atoms with Gasteiger partial charge in [0.05, 0.1) is 25.4 Å². The third-order valence-electron chi connectivity index (χ3n) is 3.44. The largest absolute Gasteiger partial charge is 0.386 e. The van der Waals surface area contributed by atoms with E-state index in [0.717, 1.165) is 0 Å². The molecule has 2 heterocycles. The fraction of sp³-hybridized carbons (Fsp3) is 0.667. The predicted molar refractivity (Wildman–Crippen MR) is 47.0 cm³/mol. The van der Waals surface area contributed by atoms with Crippen LogP contribution < -0.4 is 5.73 Å². The summed E-state index contributed by atoms with van der Waals surface area (Å²) < 4.78 is 10.8. The molecular weight excluding hydrogens is 196 g/mol. The molecule has 1 saturated carbocycles. The molecule has 76 valence electrons. The minimum atomic E-state index is -1.32. The van der Waals surface area contributed by atoms with E-state index < -0.39 is 16.7 Å². The van der Waals surface area contributed by atoms with Gasteiger partial charge in [0.15, 0.2) is 5.41 Å². The van der Waals surface area contributed by atoms with Crippen molar-refractivity contribution in [2.75, 3.05) is 13.2 Å². The Morgan fingerprint density at radius 2 is 1.93 bits per heavy atom. The molecule has 2 N–H and O–H groups in total. The van der Waals surface area contributed by atoms with Crippen LogP contribution in [-0.2, 0) is 9.47 Å². The summed E-state index contributed by atoms with van der Waals surface area (Å²) in [4.78, 5) is 4.04. The van der Waals surface area contributed by atoms with E-state index in [1.165, 1.54) is 0 Å². The van der Waals surface area contributed by atoms with Crippen LogP contribution in [0.1, 0.15) is 6.42 Å². The minimum Gasteiger partial charge on any atom is -0.386 e. The minimum absolute atomic E-state index is 0.161. The van der Waals surface area contributed by atoms with Crippen LogP contribution in [-0.4, -0.2) is 25.0 Å². The molecule has 0 aromatic rings. The molecule has 0 unspecified atom stereocenters. The van der Waals surface area contributed by atoms with Crippen LogP contribution in [0.5, 0.6) is 0 Å². The summed E-state index contributed by atoms with van der Waals surface area (Å²) in [6.07, 6.45) is 0.350. The van der Waals surface area contributed by atoms with E-state index >= 15 is 0 Å². The molecule has 0 radical (unpaired) electrons. The van der Waals surface area contributed by atoms with Crippen molar-refractivity contribution < 1.29 is 9.47 Å². The maximum Gasteiger partial charge on any atom is 0.292 e. The molecule has 15 heavy (non-hydrogen) atoms. The molecule has 0 aromatic carbocycles. The van der Waals surface area contributed by atoms with Crippen LogP contribution in [0.25, 0.3) is 0 Å². The lowest BCUT2D eigenvalue weighted by Gasteiger charge is -2.23. The van der Waals surface area contributed by atoms with Crippen LogP contribution in [0.3, 0.4) is 0 Å². The Balaban J connectivity index is 2.17. The van der Waals surface area contributed by atoms with Gasteiger partial charge in [-0.05, 0) is 0 Å². The van der Waals surface area contributed by atoms with Gasteiger partial charge in [0.2, 0.25) is 0 Å². The predicted octanol–water partition coefficient (Wildman–Crippen LogP) is -0.519. The Kier molecular flexibility index (Phi) is 1.23. The highest BCUT2D eigenvalue weighted by Gasteiger charge is 2.87. The zero-order valence-electron chi connectivity index (χ0n) is 7.86. The Morgan fingerprint density at radius 1 is 1.27 bits per heavy atom. The standard InChI is InChI=1S/C9H8N4O2/c10-4-7-3-8(7,5-11)9(13-6(7)12)14-1-2-15-9/h1-3H2,(H2,12,13)/t7-,8+/m1/s1. The molecule has 6 nitrogen and oxygen atoms in total. The first-order valence-electron chi connectivity index (χ1n) is 4.63. The number of hydrogen-bond donors (Lipinski definition) is 1. The van der Waals surface area contributed by atoms with Gasteiger partial charge in [-0.2, -0.15) is 10.5 Å². The summed E-state index contributed by atoms with van der Waals surface area (Å²) in [7, 11) is 0. The normalized spacial score (nSPS) is 44.3. The van der Waals surface area contributed by atoms with E-state index in [-0.39, 0.29) is 5.84 Å². The maximum absolute atomic E-state index is 9.22. The van der Waals surface area contributed by atoms with E-state index in [4.69, 9.17) is 20.5 Å². The molecule has 1 aliphatic carbocycles. The van der Waals surface area contributed by atoms with E-state index in [9.17, 15) is 5.26 Å². The Hall–Kier alpha value is -1.63. The van der Waals surface area contributed by atoms with Gasteiger partial charge in [0, 0.05) is 6.42 Å². The Morgan fingerprint density at radius 3 is 2.40 bits per heavy atom. The second-order valence-corrected chi connectivity index (χ2v) is 3.99. The van der Waals surface area contributed by atoms with Crippen molar-refractivity contribution in [2.24, 2.45) is 21.6 Å². The van der Waals surface area contributed by atoms with Crippen molar-refractivity contribution in [3.05, 3.63) is 0 Å². The molecular formula is C9H8N4O2. The van der Waals surface area contributed by atoms with Crippen LogP contribution in [0.4, 0.5) is 0 Å². The number of nitrogens with two attached hydrogens (primary N) is 1. The third-order valence-corrected chi connectivity index (χ3v) is 3.44. The van der Waals surface area contributed by atoms with Gasteiger partial charge in [-0.3, -0.25) is 0 Å². The van der Waals surface area contributed by atoms with Gasteiger partial charge < -0.3 is 15.2 Å². The summed E-state index contributed by atoms with van der Waals surface area (Å²) in [5.74, 6) is -1.16. The van der Waals surface area contributed by atoms with Gasteiger partial charge in [0.1, 0.15) is 11.3 Å². The summed E-state index contributed by atoms with van der Waals surface area (Å²) >= 11 is 0. The summed E-state index contributed by atoms with van der Waals surface area (Å²) in [5.41, 5.74) is 3.67. The van der Waals surface area contributed by atoms with Gasteiger partial charge in [-0.1, -0.05) is 0 Å². The summed E-state index contributed by atoms with van der Waals surface area (Å²) in [5, 5.41) is 18.3. The molecule has 0 aromatic heterocycles. The maximum atomic E-state index is 9.22. The third kappa shape index (κ3) is 0.619. The van der Waals surface area contributed by atoms with Gasteiger partial charge in [-0.15, -0.1) is 0 Å². The summed E-state index contributed by atoms with van der Waals surface area (Å²) in [6.45, 7) is 0.753. The number of fused-ring (bicyclic) bond motifs is 2. The lowest BCUT2D eigenvalue weighted by atomic mass is 9.94. The zero-order chi connectivity index (χ0) is 10.7. The molecule has 6 heteroatoms. The van der Waals surface area contributed by atoms with E-state index in [1.54, 1.807) is 0 Å². The first-order chi connectivity index (χ1) is 7.16. The molecule has 2 fully saturated rings. The van der Waals surface area contributed by atoms with Crippen LogP contribution >= 0.6 is 0 Å². The van der Waals surface area contributed by atoms with Crippen LogP contribution in [0.2, 0.25) is 0 Å². The van der Waals surface area contributed by atoms with Crippen molar-refractivity contribution in [1.82, 2.24) is 0 Å². The monoisotopic (exact) mass is 204 g/mol. The average molecular weight is 204 g/mol. The first-order valence-corrected chi connectivity index (χ1v) is 4.63. The van der Waals surface area contributed by atoms with Crippen LogP contribution in [0, 0.1) is 33.5 Å². The molecule has 0 amide bonds.